The SMILES string of the molecule is CC(C)(C)OC(=O)N1CCN(c2nc(-c3ccnc(CC4CCCC4)c3)nc3cncc(C4CC4)c23)CC1.CC(C)(C)OC(=O)N1CCN(c2nc(-c3ccnc(Cl)c3)nc3cncc(C4CC4)c23)CC1.[B]B([B])B(B([B])[B])B(B([B])[B])B(B([B])[B])B([B])[B].[B]B([B])B([B])B(B([B])[B])B(B([B])[B])B([B])[B]. The molecule has 51 heteroatoms. The second-order valence-electron chi connectivity index (χ2n) is 30.4. The number of rotatable bonds is 21. The van der Waals surface area contributed by atoms with Gasteiger partial charge in [0.1, 0.15) is 28.0 Å². The smallest absolute Gasteiger partial charge is 0.410 e. The number of halogens is 1. The third kappa shape index (κ3) is 24.2. The molecule has 474 valence electrons. The van der Waals surface area contributed by atoms with Crippen LogP contribution in [0.2, 0.25) is 5.15 Å². The van der Waals surface area contributed by atoms with Crippen molar-refractivity contribution >= 4 is 300 Å². The number of amides is 2. The van der Waals surface area contributed by atoms with Crippen molar-refractivity contribution in [3.63, 3.8) is 0 Å². The van der Waals surface area contributed by atoms with Gasteiger partial charge in [-0.25, -0.2) is 34.5 Å². The lowest BCUT2D eigenvalue weighted by Crippen LogP contribution is -2.78. The number of piperazine rings is 2. The number of pyridine rings is 4. The first-order chi connectivity index (χ1) is 49.4. The van der Waals surface area contributed by atoms with Gasteiger partial charge in [0.2, 0.25) is 0 Å². The fraction of sp³-hybridized carbons (Fsp3) is 0.519. The Balaban J connectivity index is 0.000000189. The van der Waals surface area contributed by atoms with Crippen molar-refractivity contribution in [2.45, 2.75) is 122 Å². The van der Waals surface area contributed by atoms with Gasteiger partial charge in [-0.3, -0.25) is 15.0 Å². The minimum absolute atomic E-state index is 0.250. The van der Waals surface area contributed by atoms with Crippen LogP contribution in [-0.2, 0) is 15.9 Å². The Morgan fingerprint density at radius 1 is 0.457 bits per heavy atom. The number of hydrogen-bond donors (Lipinski definition) is 0. The predicted octanol–water partition coefficient (Wildman–Crippen LogP) is -2.52. The Morgan fingerprint density at radius 2 is 0.819 bits per heavy atom. The van der Waals surface area contributed by atoms with Gasteiger partial charge in [-0.15, -0.1) is 0 Å². The molecule has 0 aromatic carbocycles. The molecule has 0 bridgehead atoms. The average molecular weight is 1350 g/mol. The number of carbonyl (C=O) groups is 2. The Kier molecular flexibility index (Phi) is 31.9. The molecule has 6 aromatic heterocycles. The third-order valence-corrected chi connectivity index (χ3v) is 19.7. The summed E-state index contributed by atoms with van der Waals surface area (Å²) in [7, 11) is 107. The van der Waals surface area contributed by atoms with Crippen LogP contribution in [0.15, 0.2) is 61.4 Å². The van der Waals surface area contributed by atoms with Crippen molar-refractivity contribution in [1.29, 1.82) is 0 Å². The minimum Gasteiger partial charge on any atom is -0.444 e. The maximum absolute atomic E-state index is 12.7. The topological polar surface area (TPSA) is 169 Å². The summed E-state index contributed by atoms with van der Waals surface area (Å²) in [6, 6.07) is 7.81. The van der Waals surface area contributed by atoms with Crippen LogP contribution in [-0.4, -0.2) is 368 Å². The third-order valence-electron chi connectivity index (χ3n) is 19.5. The van der Waals surface area contributed by atoms with E-state index in [0.717, 1.165) is 75.4 Å². The second kappa shape index (κ2) is 38.7. The lowest BCUT2D eigenvalue weighted by Gasteiger charge is -2.40. The maximum Gasteiger partial charge on any atom is 0.410 e. The molecule has 2 amide bonds. The normalized spacial score (nSPS) is 15.0. The van der Waals surface area contributed by atoms with Crippen LogP contribution < -0.4 is 9.80 Å². The fourth-order valence-corrected chi connectivity index (χ4v) is 14.2. The fourth-order valence-electron chi connectivity index (χ4n) is 14.0. The molecule has 5 aliphatic rings. The summed E-state index contributed by atoms with van der Waals surface area (Å²) in [6.45, 7) is 16.4. The highest BCUT2D eigenvalue weighted by Crippen LogP contribution is 2.46. The number of nitrogens with zero attached hydrogens (tertiary/aromatic N) is 12. The number of aromatic nitrogens is 8. The van der Waals surface area contributed by atoms with E-state index in [1.54, 1.807) is 28.3 Å². The van der Waals surface area contributed by atoms with Crippen molar-refractivity contribution in [3.05, 3.63) is 83.4 Å². The zero-order valence-corrected chi connectivity index (χ0v) is 62.3. The summed E-state index contributed by atoms with van der Waals surface area (Å²) < 4.78 is 11.2. The van der Waals surface area contributed by atoms with Crippen LogP contribution in [0.5, 0.6) is 0 Å². The second-order valence-corrected chi connectivity index (χ2v) is 30.7. The molecule has 0 spiro atoms. The van der Waals surface area contributed by atoms with Crippen molar-refractivity contribution in [2.24, 2.45) is 5.92 Å². The minimum atomic E-state index is -0.853. The van der Waals surface area contributed by atoms with Gasteiger partial charge in [0.25, 0.3) is 0 Å². The number of carbonyl (C=O) groups excluding carboxylic acids is 2. The van der Waals surface area contributed by atoms with E-state index in [0.29, 0.717) is 81.0 Å². The van der Waals surface area contributed by atoms with Gasteiger partial charge in [0, 0.05) is 348 Å². The summed E-state index contributed by atoms with van der Waals surface area (Å²) in [5, 5.41) is 2.56. The highest BCUT2D eigenvalue weighted by atomic mass is 35.5. The van der Waals surface area contributed by atoms with Gasteiger partial charge in [-0.05, 0) is 127 Å². The summed E-state index contributed by atoms with van der Waals surface area (Å²) in [4.78, 5) is 71.1. The standard InChI is InChI=1S/C30H38N6O2.C24H27ClN6O2.B18.B16/c1-30(2,3)38-29(37)36-14-12-35(13-15-36)28-26-24(21-8-9-21)18-31-19-25(26)33-27(34-28)22-10-11-32-23(17-22)16-20-6-4-5-7-20;1-24(2,3)33-23(32)31-10-8-30(9-11-31)22-20-17(15-4-5-15)13-26-14-18(20)28-21(29-22)16-6-7-27-19(25)12-16;1-11(2)16(12(3)4)18(15(9)10)17(13(5)6)14(7)8;1-10(2)14(9)16(13(7)8)15(11(3)4)12(5)6/h10-11,17-21H,4-9,12-16H2,1-3H3;6-7,12-15H,4-5,8-11H2,1-3H3;;. The molecule has 2 aliphatic heterocycles. The zero-order chi connectivity index (χ0) is 77.1. The van der Waals surface area contributed by atoms with E-state index in [4.69, 9.17) is 188 Å². The molecule has 0 N–H and O–H groups in total. The van der Waals surface area contributed by atoms with E-state index >= 15 is 0 Å². The van der Waals surface area contributed by atoms with Gasteiger partial charge in [-0.2, -0.15) is 0 Å². The van der Waals surface area contributed by atoms with Gasteiger partial charge >= 0.3 is 12.2 Å². The van der Waals surface area contributed by atoms with Crippen molar-refractivity contribution in [3.8, 4) is 22.8 Å². The molecule has 3 saturated carbocycles. The molecule has 2 saturated heterocycles. The highest BCUT2D eigenvalue weighted by Gasteiger charge is 2.43. The van der Waals surface area contributed by atoms with Gasteiger partial charge in [0.05, 0.1) is 23.4 Å². The molecule has 8 heterocycles. The number of ether oxygens (including phenoxy) is 2. The van der Waals surface area contributed by atoms with Crippen molar-refractivity contribution < 1.29 is 19.1 Å². The van der Waals surface area contributed by atoms with E-state index in [9.17, 15) is 9.59 Å². The average Bonchev–Trinajstić information content (AvgIpc) is 1.75. The molecular formula is C54H65B34ClN12O4. The lowest BCUT2D eigenvalue weighted by molar-refractivity contribution is 0.0230. The largest absolute Gasteiger partial charge is 0.444 e. The number of fused-ring (bicyclic) bond motifs is 2. The van der Waals surface area contributed by atoms with Crippen LogP contribution in [0.3, 0.4) is 0 Å². The van der Waals surface area contributed by atoms with Crippen LogP contribution in [0.4, 0.5) is 21.2 Å². The summed E-state index contributed by atoms with van der Waals surface area (Å²) in [5.41, 5.74) is 6.08. The first-order valence-corrected chi connectivity index (χ1v) is 36.5. The van der Waals surface area contributed by atoms with E-state index in [1.807, 2.05) is 78.5 Å². The van der Waals surface area contributed by atoms with Crippen LogP contribution >= 0.6 is 11.6 Å². The zero-order valence-electron chi connectivity index (χ0n) is 61.5. The summed E-state index contributed by atoms with van der Waals surface area (Å²) >= 11 is 6.13. The first-order valence-electron chi connectivity index (χ1n) is 36.1. The molecule has 11 rings (SSSR count). The van der Waals surface area contributed by atoms with Crippen LogP contribution in [0.1, 0.15) is 122 Å². The van der Waals surface area contributed by atoms with Gasteiger partial charge in [0.15, 0.2) is 11.6 Å². The van der Waals surface area contributed by atoms with E-state index in [1.165, 1.54) is 49.7 Å². The monoisotopic (exact) mass is 1350 g/mol. The molecule has 6 aromatic rings. The Hall–Kier alpha value is -4.08. The quantitative estimate of drug-likeness (QED) is 0.0548. The molecular weight excluding hydrogens is 1280 g/mol. The summed E-state index contributed by atoms with van der Waals surface area (Å²) in [6.07, 6.45) is 10.6. The Morgan fingerprint density at radius 3 is 1.16 bits per heavy atom. The summed E-state index contributed by atoms with van der Waals surface area (Å²) in [5.74, 6) is 4.91. The number of anilines is 2. The maximum atomic E-state index is 12.7. The predicted molar refractivity (Wildman–Crippen MR) is 471 cm³/mol. The molecule has 5 fully saturated rings. The van der Waals surface area contributed by atoms with Crippen LogP contribution in [0.25, 0.3) is 44.6 Å². The molecule has 105 heavy (non-hydrogen) atoms. The van der Waals surface area contributed by atoms with Crippen molar-refractivity contribution in [1.82, 2.24) is 49.7 Å². The Bertz CT molecular complexity index is 3770. The molecule has 0 atom stereocenters. The molecule has 3 aliphatic carbocycles. The molecule has 0 unspecified atom stereocenters. The number of hydrogen-bond acceptors (Lipinski definition) is 14. The lowest BCUT2D eigenvalue weighted by atomic mass is 8.41. The molecule has 38 radical (unpaired) electrons. The van der Waals surface area contributed by atoms with Crippen LogP contribution in [0, 0.1) is 5.92 Å². The van der Waals surface area contributed by atoms with Gasteiger partial charge < -0.3 is 29.1 Å². The Labute approximate surface area is 660 Å². The highest BCUT2D eigenvalue weighted by molar-refractivity contribution is 8.17. The van der Waals surface area contributed by atoms with E-state index in [-0.39, 0.29) is 12.2 Å². The van der Waals surface area contributed by atoms with E-state index < -0.39 is 107 Å². The van der Waals surface area contributed by atoms with E-state index in [2.05, 4.69) is 35.8 Å². The first kappa shape index (κ1) is 86.5. The van der Waals surface area contributed by atoms with Crippen molar-refractivity contribution in [2.75, 3.05) is 62.2 Å². The molecule has 16 nitrogen and oxygen atoms in total. The van der Waals surface area contributed by atoms with Gasteiger partial charge in [-0.1, -0.05) is 37.3 Å².